The minimum atomic E-state index is 0.274. The van der Waals surface area contributed by atoms with Crippen molar-refractivity contribution in [1.82, 2.24) is 4.57 Å². The molecule has 2 nitrogen and oxygen atoms in total. The van der Waals surface area contributed by atoms with Crippen LogP contribution in [0.3, 0.4) is 0 Å². The van der Waals surface area contributed by atoms with E-state index in [-0.39, 0.29) is 6.61 Å². The quantitative estimate of drug-likeness (QED) is 0.753. The monoisotopic (exact) mass is 201 g/mol. The summed E-state index contributed by atoms with van der Waals surface area (Å²) < 4.78 is 2.36. The zero-order valence-corrected chi connectivity index (χ0v) is 8.69. The predicted molar refractivity (Wildman–Crippen MR) is 61.0 cm³/mol. The van der Waals surface area contributed by atoms with Gasteiger partial charge in [-0.1, -0.05) is 18.2 Å². The Morgan fingerprint density at radius 3 is 3.07 bits per heavy atom. The van der Waals surface area contributed by atoms with Crippen molar-refractivity contribution >= 4 is 10.9 Å². The number of aryl methyl sites for hydroxylation is 1. The van der Waals surface area contributed by atoms with Crippen LogP contribution >= 0.6 is 0 Å². The zero-order chi connectivity index (χ0) is 10.3. The Bertz CT molecular complexity index is 486. The lowest BCUT2D eigenvalue weighted by Crippen LogP contribution is -2.17. The van der Waals surface area contributed by atoms with E-state index >= 15 is 0 Å². The van der Waals surface area contributed by atoms with Gasteiger partial charge in [0.25, 0.3) is 0 Å². The second-order valence-electron chi connectivity index (χ2n) is 4.30. The number of rotatable bonds is 1. The Morgan fingerprint density at radius 1 is 1.33 bits per heavy atom. The van der Waals surface area contributed by atoms with Gasteiger partial charge in [0.05, 0.1) is 6.61 Å². The molecule has 0 fully saturated rings. The number of aliphatic hydroxyl groups excluding tert-OH is 1. The van der Waals surface area contributed by atoms with Crippen LogP contribution in [0.2, 0.25) is 0 Å². The first-order valence-corrected chi connectivity index (χ1v) is 5.59. The average molecular weight is 201 g/mol. The molecular formula is C13H15NO. The van der Waals surface area contributed by atoms with Crippen LogP contribution in [0.1, 0.15) is 24.5 Å². The molecule has 1 aromatic carbocycles. The van der Waals surface area contributed by atoms with Gasteiger partial charge in [-0.15, -0.1) is 0 Å². The number of aromatic nitrogens is 1. The van der Waals surface area contributed by atoms with Crippen LogP contribution in [0.4, 0.5) is 0 Å². The predicted octanol–water partition coefficient (Wildman–Crippen LogP) is 2.51. The maximum atomic E-state index is 9.35. The van der Waals surface area contributed by atoms with Crippen LogP contribution in [0.25, 0.3) is 10.9 Å². The molecule has 1 aliphatic rings. The second kappa shape index (κ2) is 3.38. The maximum absolute atomic E-state index is 9.35. The van der Waals surface area contributed by atoms with Gasteiger partial charge in [0.15, 0.2) is 0 Å². The Kier molecular flexibility index (Phi) is 2.03. The highest BCUT2D eigenvalue weighted by atomic mass is 16.3. The molecule has 1 unspecified atom stereocenters. The van der Waals surface area contributed by atoms with Gasteiger partial charge in [-0.05, 0) is 30.4 Å². The van der Waals surface area contributed by atoms with Crippen LogP contribution in [-0.2, 0) is 6.54 Å². The van der Waals surface area contributed by atoms with Crippen molar-refractivity contribution in [3.8, 4) is 0 Å². The molecule has 1 aromatic heterocycles. The molecule has 0 radical (unpaired) electrons. The number of hydrogen-bond acceptors (Lipinski definition) is 1. The third-order valence-electron chi connectivity index (χ3n) is 3.42. The maximum Gasteiger partial charge on any atom is 0.0514 e. The molecule has 0 saturated heterocycles. The van der Waals surface area contributed by atoms with E-state index in [1.54, 1.807) is 0 Å². The van der Waals surface area contributed by atoms with Gasteiger partial charge in [-0.2, -0.15) is 0 Å². The molecule has 0 saturated carbocycles. The molecule has 0 bridgehead atoms. The van der Waals surface area contributed by atoms with E-state index in [1.165, 1.54) is 23.0 Å². The summed E-state index contributed by atoms with van der Waals surface area (Å²) in [6.45, 7) is 1.37. The zero-order valence-electron chi connectivity index (χ0n) is 8.69. The summed E-state index contributed by atoms with van der Waals surface area (Å²) in [5, 5.41) is 10.6. The van der Waals surface area contributed by atoms with Crippen molar-refractivity contribution in [2.45, 2.75) is 25.3 Å². The summed E-state index contributed by atoms with van der Waals surface area (Å²) in [5.41, 5.74) is 2.62. The SMILES string of the molecule is OCC1CCCn2c1cc1ccccc12. The second-order valence-corrected chi connectivity index (χ2v) is 4.30. The van der Waals surface area contributed by atoms with Gasteiger partial charge in [-0.3, -0.25) is 0 Å². The Labute approximate surface area is 89.1 Å². The van der Waals surface area contributed by atoms with Crippen molar-refractivity contribution in [2.24, 2.45) is 0 Å². The van der Waals surface area contributed by atoms with E-state index < -0.39 is 0 Å². The number of aliphatic hydroxyl groups is 1. The van der Waals surface area contributed by atoms with E-state index in [2.05, 4.69) is 34.9 Å². The molecule has 1 atom stereocenters. The molecule has 2 aromatic rings. The third kappa shape index (κ3) is 1.29. The Balaban J connectivity index is 2.24. The van der Waals surface area contributed by atoms with Gasteiger partial charge in [-0.25, -0.2) is 0 Å². The number of para-hydroxylation sites is 1. The van der Waals surface area contributed by atoms with Gasteiger partial charge < -0.3 is 9.67 Å². The molecule has 0 spiro atoms. The number of benzene rings is 1. The number of nitrogens with zero attached hydrogens (tertiary/aromatic N) is 1. The summed E-state index contributed by atoms with van der Waals surface area (Å²) in [6, 6.07) is 10.7. The fourth-order valence-corrected chi connectivity index (χ4v) is 2.65. The lowest BCUT2D eigenvalue weighted by Gasteiger charge is -2.23. The largest absolute Gasteiger partial charge is 0.396 e. The summed E-state index contributed by atoms with van der Waals surface area (Å²) in [4.78, 5) is 0. The lowest BCUT2D eigenvalue weighted by atomic mass is 9.97. The minimum absolute atomic E-state index is 0.274. The lowest BCUT2D eigenvalue weighted by molar-refractivity contribution is 0.242. The number of hydrogen-bond donors (Lipinski definition) is 1. The topological polar surface area (TPSA) is 25.2 Å². The van der Waals surface area contributed by atoms with Crippen molar-refractivity contribution in [2.75, 3.05) is 6.61 Å². The molecule has 1 aliphatic heterocycles. The summed E-state index contributed by atoms with van der Waals surface area (Å²) in [5.74, 6) is 0.339. The van der Waals surface area contributed by atoms with E-state index in [0.717, 1.165) is 13.0 Å². The van der Waals surface area contributed by atoms with Crippen LogP contribution in [-0.4, -0.2) is 16.3 Å². The van der Waals surface area contributed by atoms with Crippen LogP contribution < -0.4 is 0 Å². The van der Waals surface area contributed by atoms with Crippen molar-refractivity contribution in [1.29, 1.82) is 0 Å². The normalized spacial score (nSPS) is 20.5. The average Bonchev–Trinajstić information content (AvgIpc) is 2.67. The van der Waals surface area contributed by atoms with Crippen LogP contribution in [0.15, 0.2) is 30.3 Å². The highest BCUT2D eigenvalue weighted by Gasteiger charge is 2.21. The Hall–Kier alpha value is -1.28. The standard InChI is InChI=1S/C13H15NO/c15-9-11-5-3-7-14-12-6-2-1-4-10(12)8-13(11)14/h1-2,4,6,8,11,15H,3,5,7,9H2. The molecule has 78 valence electrons. The molecule has 15 heavy (non-hydrogen) atoms. The molecule has 0 amide bonds. The van der Waals surface area contributed by atoms with E-state index in [1.807, 2.05) is 0 Å². The van der Waals surface area contributed by atoms with Crippen molar-refractivity contribution < 1.29 is 5.11 Å². The van der Waals surface area contributed by atoms with E-state index in [4.69, 9.17) is 0 Å². The first-order chi connectivity index (χ1) is 7.40. The molecule has 0 aliphatic carbocycles. The van der Waals surface area contributed by atoms with Gasteiger partial charge in [0, 0.05) is 23.7 Å². The first-order valence-electron chi connectivity index (χ1n) is 5.59. The molecular weight excluding hydrogens is 186 g/mol. The highest BCUT2D eigenvalue weighted by molar-refractivity contribution is 5.81. The minimum Gasteiger partial charge on any atom is -0.396 e. The van der Waals surface area contributed by atoms with Crippen LogP contribution in [0, 0.1) is 0 Å². The molecule has 2 heterocycles. The molecule has 1 N–H and O–H groups in total. The van der Waals surface area contributed by atoms with Gasteiger partial charge in [0.1, 0.15) is 0 Å². The summed E-state index contributed by atoms with van der Waals surface area (Å²) in [6.07, 6.45) is 2.30. The van der Waals surface area contributed by atoms with Gasteiger partial charge in [0.2, 0.25) is 0 Å². The van der Waals surface area contributed by atoms with Crippen molar-refractivity contribution in [3.05, 3.63) is 36.0 Å². The van der Waals surface area contributed by atoms with Crippen LogP contribution in [0.5, 0.6) is 0 Å². The molecule has 2 heteroatoms. The fraction of sp³-hybridized carbons (Fsp3) is 0.385. The fourth-order valence-electron chi connectivity index (χ4n) is 2.65. The third-order valence-corrected chi connectivity index (χ3v) is 3.42. The molecule has 3 rings (SSSR count). The van der Waals surface area contributed by atoms with Crippen molar-refractivity contribution in [3.63, 3.8) is 0 Å². The highest BCUT2D eigenvalue weighted by Crippen LogP contribution is 2.32. The summed E-state index contributed by atoms with van der Waals surface area (Å²) in [7, 11) is 0. The van der Waals surface area contributed by atoms with Gasteiger partial charge >= 0.3 is 0 Å². The number of fused-ring (bicyclic) bond motifs is 3. The smallest absolute Gasteiger partial charge is 0.0514 e. The Morgan fingerprint density at radius 2 is 2.20 bits per heavy atom. The first kappa shape index (κ1) is 8.98. The summed E-state index contributed by atoms with van der Waals surface area (Å²) >= 11 is 0. The van der Waals surface area contributed by atoms with E-state index in [0.29, 0.717) is 5.92 Å². The van der Waals surface area contributed by atoms with E-state index in [9.17, 15) is 5.11 Å².